The molecule has 1 aliphatic rings. The Morgan fingerprint density at radius 1 is 1.32 bits per heavy atom. The van der Waals surface area contributed by atoms with Gasteiger partial charge in [0.25, 0.3) is 5.91 Å². The molecule has 0 atom stereocenters. The Morgan fingerprint density at radius 2 is 1.96 bits per heavy atom. The summed E-state index contributed by atoms with van der Waals surface area (Å²) in [6.07, 6.45) is 2.04. The number of hydrogen-bond acceptors (Lipinski definition) is 4. The van der Waals surface area contributed by atoms with E-state index in [-0.39, 0.29) is 18.3 Å². The van der Waals surface area contributed by atoms with Crippen molar-refractivity contribution in [2.75, 3.05) is 20.1 Å². The number of carbonyl (C=O) groups excluding carboxylic acids is 1. The topological polar surface area (TPSA) is 63.1 Å². The Hall–Kier alpha value is -1.44. The molecule has 0 unspecified atom stereocenters. The van der Waals surface area contributed by atoms with Crippen LogP contribution in [0.3, 0.4) is 0 Å². The van der Waals surface area contributed by atoms with Gasteiger partial charge in [-0.25, -0.2) is 4.68 Å². The first-order chi connectivity index (χ1) is 11.6. The van der Waals surface area contributed by atoms with Crippen LogP contribution in [-0.2, 0) is 6.54 Å². The molecule has 136 valence electrons. The van der Waals surface area contributed by atoms with E-state index in [1.165, 1.54) is 0 Å². The second-order valence-electron chi connectivity index (χ2n) is 6.24. The number of benzene rings is 1. The van der Waals surface area contributed by atoms with E-state index in [1.54, 1.807) is 11.9 Å². The summed E-state index contributed by atoms with van der Waals surface area (Å²) in [5.41, 5.74) is 2.39. The zero-order valence-corrected chi connectivity index (χ0v) is 16.8. The molecule has 25 heavy (non-hydrogen) atoms. The molecule has 0 spiro atoms. The lowest BCUT2D eigenvalue weighted by molar-refractivity contribution is 0.0778. The molecule has 1 amide bonds. The number of aromatic nitrogens is 3. The Kier molecular flexibility index (Phi) is 6.98. The molecule has 2 aromatic rings. The third-order valence-corrected chi connectivity index (χ3v) is 4.99. The van der Waals surface area contributed by atoms with Gasteiger partial charge in [-0.1, -0.05) is 33.3 Å². The minimum atomic E-state index is -0.0874. The lowest BCUT2D eigenvalue weighted by Crippen LogP contribution is -2.30. The summed E-state index contributed by atoms with van der Waals surface area (Å²) in [6, 6.07) is 8.30. The van der Waals surface area contributed by atoms with Crippen molar-refractivity contribution in [1.29, 1.82) is 0 Å². The number of halogens is 2. The molecule has 0 saturated carbocycles. The Bertz CT molecular complexity index is 712. The molecule has 1 saturated heterocycles. The van der Waals surface area contributed by atoms with Gasteiger partial charge < -0.3 is 10.2 Å². The van der Waals surface area contributed by atoms with Gasteiger partial charge >= 0.3 is 0 Å². The number of nitrogens with one attached hydrogen (secondary N) is 1. The number of nitrogens with zero attached hydrogens (tertiary/aromatic N) is 4. The van der Waals surface area contributed by atoms with Crippen LogP contribution < -0.4 is 5.32 Å². The fourth-order valence-corrected chi connectivity index (χ4v) is 3.32. The SMILES string of the molecule is Cc1c(C(=O)N(C)Cc2ccc(Br)cc2)nnn1C1CCNCC1.Cl. The minimum Gasteiger partial charge on any atom is -0.336 e. The van der Waals surface area contributed by atoms with E-state index in [4.69, 9.17) is 0 Å². The number of amides is 1. The molecular formula is C17H23BrClN5O. The van der Waals surface area contributed by atoms with Crippen molar-refractivity contribution in [3.63, 3.8) is 0 Å². The first-order valence-corrected chi connectivity index (χ1v) is 8.98. The average Bonchev–Trinajstić information content (AvgIpc) is 2.98. The molecule has 1 fully saturated rings. The molecule has 0 aliphatic carbocycles. The summed E-state index contributed by atoms with van der Waals surface area (Å²) in [5, 5.41) is 11.8. The van der Waals surface area contributed by atoms with E-state index >= 15 is 0 Å². The predicted molar refractivity (Wildman–Crippen MR) is 103 cm³/mol. The number of rotatable bonds is 4. The van der Waals surface area contributed by atoms with Gasteiger partial charge in [-0.05, 0) is 50.6 Å². The van der Waals surface area contributed by atoms with Crippen LogP contribution in [0, 0.1) is 6.92 Å². The van der Waals surface area contributed by atoms with Gasteiger partial charge in [-0.2, -0.15) is 0 Å². The zero-order valence-electron chi connectivity index (χ0n) is 14.4. The molecular weight excluding hydrogens is 406 g/mol. The van der Waals surface area contributed by atoms with Gasteiger partial charge in [0.1, 0.15) is 0 Å². The summed E-state index contributed by atoms with van der Waals surface area (Å²) >= 11 is 3.42. The van der Waals surface area contributed by atoms with Gasteiger partial charge in [0.2, 0.25) is 0 Å². The highest BCUT2D eigenvalue weighted by molar-refractivity contribution is 9.10. The maximum atomic E-state index is 12.7. The zero-order chi connectivity index (χ0) is 17.1. The molecule has 6 nitrogen and oxygen atoms in total. The van der Waals surface area contributed by atoms with Crippen molar-refractivity contribution in [2.24, 2.45) is 0 Å². The van der Waals surface area contributed by atoms with Gasteiger partial charge in [0.05, 0.1) is 11.7 Å². The number of piperidine rings is 1. The van der Waals surface area contributed by atoms with E-state index in [9.17, 15) is 4.79 Å². The largest absolute Gasteiger partial charge is 0.336 e. The van der Waals surface area contributed by atoms with E-state index in [0.717, 1.165) is 41.7 Å². The highest BCUT2D eigenvalue weighted by Crippen LogP contribution is 2.21. The van der Waals surface area contributed by atoms with Crippen molar-refractivity contribution in [3.05, 3.63) is 45.7 Å². The maximum absolute atomic E-state index is 12.7. The summed E-state index contributed by atoms with van der Waals surface area (Å²) < 4.78 is 2.95. The minimum absolute atomic E-state index is 0. The second-order valence-corrected chi connectivity index (χ2v) is 7.15. The Morgan fingerprint density at radius 3 is 2.60 bits per heavy atom. The highest BCUT2D eigenvalue weighted by atomic mass is 79.9. The standard InChI is InChI=1S/C17H22BrN5O.ClH/c1-12-16(20-21-23(12)15-7-9-19-10-8-15)17(24)22(2)11-13-3-5-14(18)6-4-13;/h3-6,15,19H,7-11H2,1-2H3;1H. The molecule has 1 aromatic heterocycles. The van der Waals surface area contributed by atoms with Crippen LogP contribution in [0.15, 0.2) is 28.7 Å². The van der Waals surface area contributed by atoms with E-state index in [1.807, 2.05) is 35.9 Å². The summed E-state index contributed by atoms with van der Waals surface area (Å²) in [4.78, 5) is 14.4. The summed E-state index contributed by atoms with van der Waals surface area (Å²) in [5.74, 6) is -0.0874. The third-order valence-electron chi connectivity index (χ3n) is 4.46. The van der Waals surface area contributed by atoms with Crippen molar-refractivity contribution in [2.45, 2.75) is 32.4 Å². The fourth-order valence-electron chi connectivity index (χ4n) is 3.05. The predicted octanol–water partition coefficient (Wildman–Crippen LogP) is 2.97. The molecule has 1 aromatic carbocycles. The monoisotopic (exact) mass is 427 g/mol. The molecule has 3 rings (SSSR count). The van der Waals surface area contributed by atoms with Crippen LogP contribution in [0.1, 0.15) is 40.6 Å². The second kappa shape index (κ2) is 8.78. The smallest absolute Gasteiger partial charge is 0.276 e. The van der Waals surface area contributed by atoms with Crippen LogP contribution in [0.5, 0.6) is 0 Å². The van der Waals surface area contributed by atoms with E-state index < -0.39 is 0 Å². The quantitative estimate of drug-likeness (QED) is 0.813. The fraction of sp³-hybridized carbons (Fsp3) is 0.471. The van der Waals surface area contributed by atoms with Crippen LogP contribution >= 0.6 is 28.3 Å². The molecule has 0 bridgehead atoms. The lowest BCUT2D eigenvalue weighted by atomic mass is 10.1. The van der Waals surface area contributed by atoms with E-state index in [2.05, 4.69) is 31.6 Å². The lowest BCUT2D eigenvalue weighted by Gasteiger charge is -2.23. The normalized spacial score (nSPS) is 14.8. The van der Waals surface area contributed by atoms with Crippen molar-refractivity contribution < 1.29 is 4.79 Å². The van der Waals surface area contributed by atoms with Gasteiger partial charge in [0.15, 0.2) is 5.69 Å². The van der Waals surface area contributed by atoms with Crippen LogP contribution in [0.25, 0.3) is 0 Å². The van der Waals surface area contributed by atoms with Gasteiger partial charge in [-0.3, -0.25) is 4.79 Å². The van der Waals surface area contributed by atoms with Crippen LogP contribution in [0.2, 0.25) is 0 Å². The van der Waals surface area contributed by atoms with Crippen LogP contribution in [0.4, 0.5) is 0 Å². The van der Waals surface area contributed by atoms with Crippen molar-refractivity contribution in [1.82, 2.24) is 25.2 Å². The third kappa shape index (κ3) is 4.59. The van der Waals surface area contributed by atoms with E-state index in [0.29, 0.717) is 18.3 Å². The maximum Gasteiger partial charge on any atom is 0.276 e. The number of carbonyl (C=O) groups is 1. The average molecular weight is 429 g/mol. The van der Waals surface area contributed by atoms with Gasteiger partial charge in [0, 0.05) is 18.1 Å². The Labute approximate surface area is 162 Å². The molecule has 1 N–H and O–H groups in total. The summed E-state index contributed by atoms with van der Waals surface area (Å²) in [7, 11) is 1.80. The molecule has 2 heterocycles. The first kappa shape index (κ1) is 19.9. The molecule has 1 aliphatic heterocycles. The van der Waals surface area contributed by atoms with Gasteiger partial charge in [-0.15, -0.1) is 17.5 Å². The molecule has 0 radical (unpaired) electrons. The Balaban J connectivity index is 0.00000225. The first-order valence-electron chi connectivity index (χ1n) is 8.18. The summed E-state index contributed by atoms with van der Waals surface area (Å²) in [6.45, 7) is 4.45. The molecule has 8 heteroatoms. The highest BCUT2D eigenvalue weighted by Gasteiger charge is 2.24. The van der Waals surface area contributed by atoms with Crippen LogP contribution in [-0.4, -0.2) is 45.9 Å². The van der Waals surface area contributed by atoms with Crippen molar-refractivity contribution in [3.8, 4) is 0 Å². The van der Waals surface area contributed by atoms with Crippen molar-refractivity contribution >= 4 is 34.2 Å². The number of hydrogen-bond donors (Lipinski definition) is 1.